The number of hydrogen-bond donors (Lipinski definition) is 1. The summed E-state index contributed by atoms with van der Waals surface area (Å²) >= 11 is 12.2. The number of amides is 1. The van der Waals surface area contributed by atoms with Crippen LogP contribution in [0.2, 0.25) is 10.0 Å². The van der Waals surface area contributed by atoms with Gasteiger partial charge in [-0.1, -0.05) is 35.7 Å². The van der Waals surface area contributed by atoms with Crippen LogP contribution in [0.15, 0.2) is 18.2 Å². The molecule has 1 N–H and O–H groups in total. The molecule has 0 spiro atoms. The number of benzene rings is 1. The Morgan fingerprint density at radius 2 is 2.05 bits per heavy atom. The zero-order chi connectivity index (χ0) is 15.7. The van der Waals surface area contributed by atoms with Crippen LogP contribution in [0.4, 0.5) is 0 Å². The highest BCUT2D eigenvalue weighted by atomic mass is 35.5. The van der Waals surface area contributed by atoms with Crippen molar-refractivity contribution < 1.29 is 9.90 Å². The van der Waals surface area contributed by atoms with Crippen molar-refractivity contribution in [3.05, 3.63) is 33.8 Å². The van der Waals surface area contributed by atoms with Crippen LogP contribution in [0.25, 0.3) is 0 Å². The van der Waals surface area contributed by atoms with Gasteiger partial charge in [0, 0.05) is 19.7 Å². The summed E-state index contributed by atoms with van der Waals surface area (Å²) in [6, 6.07) is 5.55. The van der Waals surface area contributed by atoms with Crippen LogP contribution in [0.3, 0.4) is 0 Å². The quantitative estimate of drug-likeness (QED) is 0.911. The standard InChI is InChI=1S/C17H21Cl2NO2/c18-14-5-4-13(9-15(14)19)17(6-2-7-17)16(22)20-8-1-3-12(10-20)11-21/h4-5,9,12,21H,1-3,6-8,10-11H2. The molecule has 120 valence electrons. The molecule has 1 heterocycles. The van der Waals surface area contributed by atoms with Crippen LogP contribution in [0.1, 0.15) is 37.7 Å². The molecular weight excluding hydrogens is 321 g/mol. The Balaban J connectivity index is 1.86. The summed E-state index contributed by atoms with van der Waals surface area (Å²) in [6.45, 7) is 1.61. The summed E-state index contributed by atoms with van der Waals surface area (Å²) in [6.07, 6.45) is 4.76. The van der Waals surface area contributed by atoms with Gasteiger partial charge in [0.25, 0.3) is 0 Å². The van der Waals surface area contributed by atoms with Gasteiger partial charge < -0.3 is 10.0 Å². The van der Waals surface area contributed by atoms with Gasteiger partial charge in [-0.3, -0.25) is 4.79 Å². The minimum Gasteiger partial charge on any atom is -0.396 e. The fourth-order valence-electron chi connectivity index (χ4n) is 3.65. The lowest BCUT2D eigenvalue weighted by molar-refractivity contribution is -0.143. The molecule has 0 bridgehead atoms. The largest absolute Gasteiger partial charge is 0.396 e. The van der Waals surface area contributed by atoms with E-state index in [1.165, 1.54) is 0 Å². The number of piperidine rings is 1. The average molecular weight is 342 g/mol. The second-order valence-electron chi connectivity index (χ2n) is 6.51. The van der Waals surface area contributed by atoms with Gasteiger partial charge in [-0.15, -0.1) is 0 Å². The van der Waals surface area contributed by atoms with E-state index in [1.54, 1.807) is 6.07 Å². The Hall–Kier alpha value is -0.770. The van der Waals surface area contributed by atoms with E-state index in [1.807, 2.05) is 17.0 Å². The third-order valence-electron chi connectivity index (χ3n) is 5.15. The Morgan fingerprint density at radius 1 is 1.27 bits per heavy atom. The van der Waals surface area contributed by atoms with Crippen molar-refractivity contribution >= 4 is 29.1 Å². The summed E-state index contributed by atoms with van der Waals surface area (Å²) < 4.78 is 0. The van der Waals surface area contributed by atoms with E-state index in [0.29, 0.717) is 16.6 Å². The smallest absolute Gasteiger partial charge is 0.233 e. The lowest BCUT2D eigenvalue weighted by Crippen LogP contribution is -2.53. The minimum absolute atomic E-state index is 0.156. The van der Waals surface area contributed by atoms with Gasteiger partial charge in [-0.05, 0) is 49.3 Å². The molecule has 1 amide bonds. The molecule has 1 atom stereocenters. The van der Waals surface area contributed by atoms with Crippen molar-refractivity contribution in [1.82, 2.24) is 4.90 Å². The summed E-state index contributed by atoms with van der Waals surface area (Å²) in [5.41, 5.74) is 0.537. The average Bonchev–Trinajstić information content (AvgIpc) is 2.49. The zero-order valence-electron chi connectivity index (χ0n) is 12.5. The zero-order valence-corrected chi connectivity index (χ0v) is 14.0. The molecule has 1 aliphatic heterocycles. The summed E-state index contributed by atoms with van der Waals surface area (Å²) in [5.74, 6) is 0.402. The van der Waals surface area contributed by atoms with Crippen LogP contribution < -0.4 is 0 Å². The van der Waals surface area contributed by atoms with Crippen molar-refractivity contribution in [2.75, 3.05) is 19.7 Å². The minimum atomic E-state index is -0.439. The lowest BCUT2D eigenvalue weighted by atomic mass is 9.63. The maximum atomic E-state index is 13.1. The van der Waals surface area contributed by atoms with Gasteiger partial charge in [0.05, 0.1) is 15.5 Å². The van der Waals surface area contributed by atoms with Gasteiger partial charge in [0.2, 0.25) is 5.91 Å². The maximum Gasteiger partial charge on any atom is 0.233 e. The molecule has 5 heteroatoms. The third-order valence-corrected chi connectivity index (χ3v) is 5.89. The van der Waals surface area contributed by atoms with E-state index in [-0.39, 0.29) is 18.4 Å². The number of aliphatic hydroxyl groups is 1. The van der Waals surface area contributed by atoms with Gasteiger partial charge in [0.15, 0.2) is 0 Å². The molecule has 1 saturated carbocycles. The van der Waals surface area contributed by atoms with Crippen molar-refractivity contribution in [2.45, 2.75) is 37.5 Å². The molecule has 3 rings (SSSR count). The van der Waals surface area contributed by atoms with Crippen molar-refractivity contribution in [2.24, 2.45) is 5.92 Å². The van der Waals surface area contributed by atoms with Crippen LogP contribution in [0, 0.1) is 5.92 Å². The van der Waals surface area contributed by atoms with Crippen LogP contribution >= 0.6 is 23.2 Å². The van der Waals surface area contributed by atoms with E-state index < -0.39 is 5.41 Å². The highest BCUT2D eigenvalue weighted by Gasteiger charge is 2.48. The lowest BCUT2D eigenvalue weighted by Gasteiger charge is -2.46. The number of carbonyl (C=O) groups excluding carboxylic acids is 1. The molecule has 0 aromatic heterocycles. The normalized spacial score (nSPS) is 24.0. The molecule has 2 fully saturated rings. The molecule has 1 saturated heterocycles. The van der Waals surface area contributed by atoms with E-state index in [4.69, 9.17) is 23.2 Å². The first-order valence-electron chi connectivity index (χ1n) is 7.92. The highest BCUT2D eigenvalue weighted by molar-refractivity contribution is 6.42. The van der Waals surface area contributed by atoms with E-state index in [0.717, 1.165) is 44.2 Å². The van der Waals surface area contributed by atoms with E-state index in [9.17, 15) is 9.90 Å². The van der Waals surface area contributed by atoms with E-state index >= 15 is 0 Å². The number of halogens is 2. The van der Waals surface area contributed by atoms with Crippen molar-refractivity contribution in [3.8, 4) is 0 Å². The monoisotopic (exact) mass is 341 g/mol. The molecule has 1 unspecified atom stereocenters. The second-order valence-corrected chi connectivity index (χ2v) is 7.32. The molecule has 1 aromatic rings. The van der Waals surface area contributed by atoms with E-state index in [2.05, 4.69) is 0 Å². The number of aliphatic hydroxyl groups excluding tert-OH is 1. The van der Waals surface area contributed by atoms with Crippen LogP contribution in [-0.2, 0) is 10.2 Å². The third kappa shape index (κ3) is 2.75. The SMILES string of the molecule is O=C(N1CCCC(CO)C1)C1(c2ccc(Cl)c(Cl)c2)CCC1. The highest BCUT2D eigenvalue weighted by Crippen LogP contribution is 2.46. The molecular formula is C17H21Cl2NO2. The predicted molar refractivity (Wildman–Crippen MR) is 88.4 cm³/mol. The second kappa shape index (κ2) is 6.38. The molecule has 0 radical (unpaired) electrons. The summed E-state index contributed by atoms with van der Waals surface area (Å²) in [5, 5.41) is 10.4. The molecule has 3 nitrogen and oxygen atoms in total. The first-order chi connectivity index (χ1) is 10.6. The number of likely N-dealkylation sites (tertiary alicyclic amines) is 1. The molecule has 1 aromatic carbocycles. The Labute approximate surface area is 141 Å². The molecule has 22 heavy (non-hydrogen) atoms. The first-order valence-corrected chi connectivity index (χ1v) is 8.68. The van der Waals surface area contributed by atoms with Gasteiger partial charge in [0.1, 0.15) is 0 Å². The Kier molecular flexibility index (Phi) is 4.67. The summed E-state index contributed by atoms with van der Waals surface area (Å²) in [7, 11) is 0. The van der Waals surface area contributed by atoms with Crippen molar-refractivity contribution in [1.29, 1.82) is 0 Å². The van der Waals surface area contributed by atoms with Crippen LogP contribution in [0.5, 0.6) is 0 Å². The van der Waals surface area contributed by atoms with Gasteiger partial charge >= 0.3 is 0 Å². The fraction of sp³-hybridized carbons (Fsp3) is 0.588. The number of carbonyl (C=O) groups is 1. The van der Waals surface area contributed by atoms with Crippen molar-refractivity contribution in [3.63, 3.8) is 0 Å². The molecule has 1 aliphatic carbocycles. The topological polar surface area (TPSA) is 40.5 Å². The summed E-state index contributed by atoms with van der Waals surface area (Å²) in [4.78, 5) is 15.1. The molecule has 2 aliphatic rings. The Bertz CT molecular complexity index is 572. The Morgan fingerprint density at radius 3 is 2.64 bits per heavy atom. The predicted octanol–water partition coefficient (Wildman–Crippen LogP) is 3.65. The fourth-order valence-corrected chi connectivity index (χ4v) is 3.95. The van der Waals surface area contributed by atoms with Gasteiger partial charge in [-0.25, -0.2) is 0 Å². The maximum absolute atomic E-state index is 13.1. The van der Waals surface area contributed by atoms with Crippen LogP contribution in [-0.4, -0.2) is 35.6 Å². The number of rotatable bonds is 3. The first kappa shape index (κ1) is 16.1. The van der Waals surface area contributed by atoms with Gasteiger partial charge in [-0.2, -0.15) is 0 Å². The number of hydrogen-bond acceptors (Lipinski definition) is 2. The number of nitrogens with zero attached hydrogens (tertiary/aromatic N) is 1.